The molecule has 45 heavy (non-hydrogen) atoms. The Morgan fingerprint density at radius 1 is 1.18 bits per heavy atom. The number of benzene rings is 1. The van der Waals surface area contributed by atoms with Gasteiger partial charge in [-0.05, 0) is 68.2 Å². The van der Waals surface area contributed by atoms with E-state index in [9.17, 15) is 30.0 Å². The van der Waals surface area contributed by atoms with Gasteiger partial charge in [0.15, 0.2) is 15.9 Å². The molecule has 12 heteroatoms. The Labute approximate surface area is 264 Å². The van der Waals surface area contributed by atoms with Crippen molar-refractivity contribution < 1.29 is 53.7 Å². The second-order valence-electron chi connectivity index (χ2n) is 13.5. The van der Waals surface area contributed by atoms with Crippen molar-refractivity contribution in [2.24, 2.45) is 10.8 Å². The Kier molecular flexibility index (Phi) is 6.01. The van der Waals surface area contributed by atoms with Crippen molar-refractivity contribution in [1.29, 1.82) is 0 Å². The Balaban J connectivity index is 1.52. The van der Waals surface area contributed by atoms with E-state index < -0.39 is 68.7 Å². The minimum absolute atomic E-state index is 0.00789. The minimum Gasteiger partial charge on any atom is -0.507 e. The van der Waals surface area contributed by atoms with E-state index in [1.807, 2.05) is 19.9 Å². The molecular formula is C33H35ClO11. The van der Waals surface area contributed by atoms with Crippen LogP contribution in [0.4, 0.5) is 0 Å². The molecule has 240 valence electrons. The number of esters is 2. The summed E-state index contributed by atoms with van der Waals surface area (Å²) in [6.45, 7) is 7.18. The maximum absolute atomic E-state index is 14.0. The first-order valence-corrected chi connectivity index (χ1v) is 15.1. The summed E-state index contributed by atoms with van der Waals surface area (Å²) in [5, 5.41) is 47.3. The zero-order valence-electron chi connectivity index (χ0n) is 25.6. The minimum atomic E-state index is -2.65. The van der Waals surface area contributed by atoms with Crippen molar-refractivity contribution in [2.45, 2.75) is 80.7 Å². The molecule has 2 fully saturated rings. The SMILES string of the molecule is COC(=O)[C@]12C=C(OC)[C@@]3(Cl)[C@](O)(C(C4=C[C@H](O)[C@@H]5O[C@]5(CC=C(C)C)[C@@H]4O)=C[C@@]3(C)C1)[C@]21OC(=O)c2c(O)cc(C)cc2O1. The van der Waals surface area contributed by atoms with Gasteiger partial charge in [0.1, 0.15) is 46.7 Å². The first kappa shape index (κ1) is 30.3. The Morgan fingerprint density at radius 3 is 2.53 bits per heavy atom. The predicted molar refractivity (Wildman–Crippen MR) is 157 cm³/mol. The average Bonchev–Trinajstić information content (AvgIpc) is 3.70. The Hall–Kier alpha value is -3.35. The van der Waals surface area contributed by atoms with Crippen molar-refractivity contribution in [3.05, 3.63) is 70.0 Å². The molecule has 8 rings (SSSR count). The number of halogens is 1. The summed E-state index contributed by atoms with van der Waals surface area (Å²) in [7, 11) is 2.49. The van der Waals surface area contributed by atoms with Crippen LogP contribution in [0.15, 0.2) is 58.9 Å². The van der Waals surface area contributed by atoms with E-state index in [0.717, 1.165) is 12.7 Å². The Bertz CT molecular complexity index is 1710. The number of aryl methyl sites for hydroxylation is 1. The highest BCUT2D eigenvalue weighted by atomic mass is 35.5. The van der Waals surface area contributed by atoms with Gasteiger partial charge in [0, 0.05) is 11.8 Å². The number of phenols is 1. The standard InChI is InChI=1S/C33H35ClO11/c1-15(2)7-8-30-24(37)17(11-20(36)25(30)44-30)18-12-28(4)14-29(27(39)42-6)13-22(41-5)31(28,34)32(18,40)33(29)43-21-10-16(3)9-19(35)23(21)26(38)45-33/h7,9-13,20,24-25,35-37,40H,8,14H2,1-6H3/t20-,24+,25-,28-,29-,30+,31-,32+,33+/m0/s1. The van der Waals surface area contributed by atoms with Gasteiger partial charge in [-0.3, -0.25) is 4.79 Å². The van der Waals surface area contributed by atoms with Crippen LogP contribution in [0.1, 0.15) is 49.5 Å². The van der Waals surface area contributed by atoms with Crippen LogP contribution in [0.3, 0.4) is 0 Å². The number of fused-ring (bicyclic) bond motifs is 2. The second kappa shape index (κ2) is 8.92. The summed E-state index contributed by atoms with van der Waals surface area (Å²) in [6.07, 6.45) is 3.09. The molecule has 5 aliphatic carbocycles. The number of aliphatic hydroxyl groups is 3. The number of epoxide rings is 1. The van der Waals surface area contributed by atoms with Gasteiger partial charge >= 0.3 is 17.7 Å². The highest BCUT2D eigenvalue weighted by Gasteiger charge is 2.92. The summed E-state index contributed by atoms with van der Waals surface area (Å²) < 4.78 is 29.6. The molecule has 0 unspecified atom stereocenters. The third-order valence-electron chi connectivity index (χ3n) is 10.6. The van der Waals surface area contributed by atoms with E-state index in [0.29, 0.717) is 5.56 Å². The maximum atomic E-state index is 14.0. The van der Waals surface area contributed by atoms with Crippen molar-refractivity contribution in [1.82, 2.24) is 0 Å². The molecule has 1 saturated heterocycles. The fourth-order valence-electron chi connectivity index (χ4n) is 8.58. The molecule has 2 aliphatic heterocycles. The molecule has 1 spiro atoms. The van der Waals surface area contributed by atoms with Crippen LogP contribution in [-0.4, -0.2) is 86.8 Å². The van der Waals surface area contributed by atoms with E-state index in [1.54, 1.807) is 19.9 Å². The van der Waals surface area contributed by atoms with E-state index in [1.165, 1.54) is 31.4 Å². The normalized spacial score (nSPS) is 43.2. The zero-order chi connectivity index (χ0) is 32.7. The van der Waals surface area contributed by atoms with Crippen LogP contribution in [0, 0.1) is 17.8 Å². The maximum Gasteiger partial charge on any atom is 0.349 e. The number of methoxy groups -OCH3 is 2. The molecule has 4 N–H and O–H groups in total. The summed E-state index contributed by atoms with van der Waals surface area (Å²) in [5.41, 5.74) is -5.96. The molecule has 1 aromatic carbocycles. The molecule has 11 nitrogen and oxygen atoms in total. The van der Waals surface area contributed by atoms with Crippen molar-refractivity contribution in [3.63, 3.8) is 0 Å². The van der Waals surface area contributed by atoms with E-state index in [4.69, 9.17) is 35.3 Å². The molecule has 0 amide bonds. The summed E-state index contributed by atoms with van der Waals surface area (Å²) in [5.74, 6) is -5.21. The lowest BCUT2D eigenvalue weighted by Crippen LogP contribution is -2.85. The smallest absolute Gasteiger partial charge is 0.349 e. The van der Waals surface area contributed by atoms with E-state index >= 15 is 0 Å². The molecule has 9 atom stereocenters. The van der Waals surface area contributed by atoms with Gasteiger partial charge in [0.25, 0.3) is 0 Å². The molecule has 0 aromatic heterocycles. The number of carbonyl (C=O) groups is 2. The molecular weight excluding hydrogens is 608 g/mol. The Morgan fingerprint density at radius 2 is 1.89 bits per heavy atom. The van der Waals surface area contributed by atoms with Crippen molar-refractivity contribution in [2.75, 3.05) is 14.2 Å². The topological polar surface area (TPSA) is 165 Å². The number of hydrogen-bond acceptors (Lipinski definition) is 11. The van der Waals surface area contributed by atoms with Crippen LogP contribution >= 0.6 is 11.6 Å². The lowest BCUT2D eigenvalue weighted by molar-refractivity contribution is -0.331. The number of allylic oxidation sites excluding steroid dienone is 2. The van der Waals surface area contributed by atoms with Crippen LogP contribution in [0.5, 0.6) is 11.5 Å². The number of carbonyl (C=O) groups excluding carboxylic acids is 2. The quantitative estimate of drug-likeness (QED) is 0.162. The summed E-state index contributed by atoms with van der Waals surface area (Å²) in [6, 6.07) is 2.83. The lowest BCUT2D eigenvalue weighted by Gasteiger charge is -2.67. The second-order valence-corrected chi connectivity index (χ2v) is 14.0. The molecule has 1 aromatic rings. The number of hydrogen-bond donors (Lipinski definition) is 4. The number of ether oxygens (including phenoxy) is 5. The van der Waals surface area contributed by atoms with Gasteiger partial charge in [-0.1, -0.05) is 24.6 Å². The first-order valence-electron chi connectivity index (χ1n) is 14.7. The summed E-state index contributed by atoms with van der Waals surface area (Å²) in [4.78, 5) is 25.9. The van der Waals surface area contributed by atoms with E-state index in [2.05, 4.69) is 0 Å². The van der Waals surface area contributed by atoms with Gasteiger partial charge in [-0.2, -0.15) is 0 Å². The van der Waals surface area contributed by atoms with Crippen LogP contribution in [-0.2, 0) is 23.7 Å². The average molecular weight is 643 g/mol. The predicted octanol–water partition coefficient (Wildman–Crippen LogP) is 2.86. The lowest BCUT2D eigenvalue weighted by atomic mass is 9.46. The fraction of sp³-hybridized carbons (Fsp3) is 0.515. The molecule has 2 heterocycles. The molecule has 0 radical (unpaired) electrons. The van der Waals surface area contributed by atoms with Crippen LogP contribution in [0.2, 0.25) is 0 Å². The van der Waals surface area contributed by atoms with Gasteiger partial charge in [-0.25, -0.2) is 4.79 Å². The van der Waals surface area contributed by atoms with Gasteiger partial charge in [0.2, 0.25) is 0 Å². The number of aliphatic hydroxyl groups excluding tert-OH is 2. The van der Waals surface area contributed by atoms with Crippen LogP contribution in [0.25, 0.3) is 0 Å². The number of rotatable bonds is 5. The third-order valence-corrected chi connectivity index (χ3v) is 11.5. The zero-order valence-corrected chi connectivity index (χ0v) is 26.4. The highest BCUT2D eigenvalue weighted by molar-refractivity contribution is 6.29. The monoisotopic (exact) mass is 642 g/mol. The largest absolute Gasteiger partial charge is 0.507 e. The molecule has 1 saturated carbocycles. The third kappa shape index (κ3) is 3.20. The first-order chi connectivity index (χ1) is 21.0. The summed E-state index contributed by atoms with van der Waals surface area (Å²) >= 11 is 7.58. The van der Waals surface area contributed by atoms with Gasteiger partial charge < -0.3 is 44.1 Å². The number of phenolic OH excluding ortho intramolecular Hbond substituents is 1. The van der Waals surface area contributed by atoms with Crippen LogP contribution < -0.4 is 4.74 Å². The molecule has 7 aliphatic rings. The molecule has 4 bridgehead atoms. The van der Waals surface area contributed by atoms with Gasteiger partial charge in [-0.15, -0.1) is 11.6 Å². The van der Waals surface area contributed by atoms with Gasteiger partial charge in [0.05, 0.1) is 14.2 Å². The fourth-order valence-corrected chi connectivity index (χ4v) is 9.06. The highest BCUT2D eigenvalue weighted by Crippen LogP contribution is 2.78. The van der Waals surface area contributed by atoms with E-state index in [-0.39, 0.29) is 41.1 Å². The number of alkyl halides is 1. The van der Waals surface area contributed by atoms with Crippen molar-refractivity contribution in [3.8, 4) is 11.5 Å². The van der Waals surface area contributed by atoms with Crippen molar-refractivity contribution >= 4 is 23.5 Å². The number of aromatic hydroxyl groups is 1.